The van der Waals surface area contributed by atoms with E-state index in [-0.39, 0.29) is 17.4 Å². The van der Waals surface area contributed by atoms with E-state index in [1.54, 1.807) is 0 Å². The summed E-state index contributed by atoms with van der Waals surface area (Å²) in [5.41, 5.74) is 3.06. The van der Waals surface area contributed by atoms with Gasteiger partial charge >= 0.3 is 0 Å². The van der Waals surface area contributed by atoms with Crippen LogP contribution in [0.25, 0.3) is 0 Å². The summed E-state index contributed by atoms with van der Waals surface area (Å²) in [5, 5.41) is 19.0. The van der Waals surface area contributed by atoms with Gasteiger partial charge in [-0.05, 0) is 68.1 Å². The van der Waals surface area contributed by atoms with Gasteiger partial charge in [-0.2, -0.15) is 0 Å². The standard InChI is InChI=1S/C20H34O2/c1-15(10-13-21)6-8-17-16(2)7-9-18-19(3,14-22)11-5-12-20(17,18)4/h10,17-18,21-22H,2,5-9,11-14H2,1,3-4H3/b15-10+/t17-,18+,19+,20+/m0/s1. The van der Waals surface area contributed by atoms with E-state index < -0.39 is 0 Å². The van der Waals surface area contributed by atoms with Crippen LogP contribution in [0.5, 0.6) is 0 Å². The van der Waals surface area contributed by atoms with Crippen LogP contribution in [0.1, 0.15) is 65.7 Å². The second kappa shape index (κ2) is 6.88. The van der Waals surface area contributed by atoms with E-state index in [4.69, 9.17) is 5.11 Å². The molecule has 2 heteroatoms. The summed E-state index contributed by atoms with van der Waals surface area (Å²) in [6, 6.07) is 0. The molecule has 126 valence electrons. The summed E-state index contributed by atoms with van der Waals surface area (Å²) in [6.07, 6.45) is 10.0. The predicted molar refractivity (Wildman–Crippen MR) is 92.6 cm³/mol. The molecule has 0 heterocycles. The number of rotatable bonds is 5. The third-order valence-corrected chi connectivity index (χ3v) is 6.77. The summed E-state index contributed by atoms with van der Waals surface area (Å²) in [5.74, 6) is 1.16. The van der Waals surface area contributed by atoms with E-state index >= 15 is 0 Å². The number of hydrogen-bond donors (Lipinski definition) is 2. The van der Waals surface area contributed by atoms with E-state index in [0.717, 1.165) is 25.7 Å². The number of aliphatic hydroxyl groups excluding tert-OH is 2. The zero-order valence-corrected chi connectivity index (χ0v) is 14.7. The lowest BCUT2D eigenvalue weighted by atomic mass is 9.47. The van der Waals surface area contributed by atoms with Gasteiger partial charge < -0.3 is 10.2 Å². The Morgan fingerprint density at radius 2 is 2.05 bits per heavy atom. The Morgan fingerprint density at radius 1 is 1.32 bits per heavy atom. The number of hydrogen-bond acceptors (Lipinski definition) is 2. The molecule has 2 nitrogen and oxygen atoms in total. The smallest absolute Gasteiger partial charge is 0.0614 e. The van der Waals surface area contributed by atoms with Gasteiger partial charge in [0.05, 0.1) is 6.61 Å². The number of fused-ring (bicyclic) bond motifs is 1. The van der Waals surface area contributed by atoms with Crippen LogP contribution in [0.3, 0.4) is 0 Å². The van der Waals surface area contributed by atoms with Crippen molar-refractivity contribution in [3.05, 3.63) is 23.8 Å². The minimum absolute atomic E-state index is 0.0853. The quantitative estimate of drug-likeness (QED) is 0.735. The van der Waals surface area contributed by atoms with Crippen molar-refractivity contribution in [2.75, 3.05) is 13.2 Å². The van der Waals surface area contributed by atoms with Crippen molar-refractivity contribution in [1.82, 2.24) is 0 Å². The molecule has 2 saturated carbocycles. The van der Waals surface area contributed by atoms with Crippen LogP contribution in [-0.4, -0.2) is 23.4 Å². The molecule has 2 aliphatic rings. The van der Waals surface area contributed by atoms with Gasteiger partial charge in [-0.3, -0.25) is 0 Å². The molecule has 2 rings (SSSR count). The first-order valence-corrected chi connectivity index (χ1v) is 8.92. The van der Waals surface area contributed by atoms with Crippen molar-refractivity contribution < 1.29 is 10.2 Å². The Hall–Kier alpha value is -0.600. The molecule has 0 aromatic heterocycles. The van der Waals surface area contributed by atoms with Crippen molar-refractivity contribution >= 4 is 0 Å². The molecule has 2 N–H and O–H groups in total. The molecular weight excluding hydrogens is 272 g/mol. The molecule has 0 aromatic rings. The average Bonchev–Trinajstić information content (AvgIpc) is 2.46. The molecule has 0 saturated heterocycles. The maximum atomic E-state index is 9.98. The van der Waals surface area contributed by atoms with Crippen LogP contribution in [-0.2, 0) is 0 Å². The van der Waals surface area contributed by atoms with Crippen LogP contribution in [0.15, 0.2) is 23.8 Å². The lowest BCUT2D eigenvalue weighted by Crippen LogP contribution is -2.51. The average molecular weight is 306 g/mol. The van der Waals surface area contributed by atoms with Gasteiger partial charge in [0.2, 0.25) is 0 Å². The van der Waals surface area contributed by atoms with E-state index in [2.05, 4.69) is 27.4 Å². The Morgan fingerprint density at radius 3 is 2.68 bits per heavy atom. The highest BCUT2D eigenvalue weighted by molar-refractivity contribution is 5.17. The third-order valence-electron chi connectivity index (χ3n) is 6.77. The summed E-state index contributed by atoms with van der Waals surface area (Å²) in [4.78, 5) is 0. The number of aliphatic hydroxyl groups is 2. The van der Waals surface area contributed by atoms with E-state index in [1.807, 2.05) is 6.08 Å². The van der Waals surface area contributed by atoms with Crippen LogP contribution in [0, 0.1) is 22.7 Å². The highest BCUT2D eigenvalue weighted by Gasteiger charge is 2.53. The summed E-state index contributed by atoms with van der Waals surface area (Å²) in [6.45, 7) is 11.7. The lowest BCUT2D eigenvalue weighted by molar-refractivity contribution is -0.0858. The molecule has 0 spiro atoms. The van der Waals surface area contributed by atoms with E-state index in [1.165, 1.54) is 30.4 Å². The maximum Gasteiger partial charge on any atom is 0.0614 e. The zero-order chi connectivity index (χ0) is 16.4. The van der Waals surface area contributed by atoms with Gasteiger partial charge in [0, 0.05) is 6.61 Å². The molecule has 4 atom stereocenters. The molecule has 2 aliphatic carbocycles. The predicted octanol–water partition coefficient (Wildman–Crippen LogP) is 4.48. The second-order valence-corrected chi connectivity index (χ2v) is 8.25. The Kier molecular flexibility index (Phi) is 5.55. The first kappa shape index (κ1) is 17.7. The molecular formula is C20H34O2. The molecule has 22 heavy (non-hydrogen) atoms. The van der Waals surface area contributed by atoms with Gasteiger partial charge in [0.1, 0.15) is 0 Å². The van der Waals surface area contributed by atoms with E-state index in [9.17, 15) is 5.11 Å². The largest absolute Gasteiger partial charge is 0.396 e. The minimum Gasteiger partial charge on any atom is -0.396 e. The Bertz CT molecular complexity index is 439. The summed E-state index contributed by atoms with van der Waals surface area (Å²) >= 11 is 0. The third kappa shape index (κ3) is 3.19. The fourth-order valence-corrected chi connectivity index (χ4v) is 5.44. The fraction of sp³-hybridized carbons (Fsp3) is 0.800. The van der Waals surface area contributed by atoms with E-state index in [0.29, 0.717) is 18.4 Å². The van der Waals surface area contributed by atoms with Crippen molar-refractivity contribution in [1.29, 1.82) is 0 Å². The van der Waals surface area contributed by atoms with Gasteiger partial charge in [-0.1, -0.05) is 44.1 Å². The van der Waals surface area contributed by atoms with Crippen molar-refractivity contribution in [2.45, 2.75) is 65.7 Å². The maximum absolute atomic E-state index is 9.98. The van der Waals surface area contributed by atoms with Crippen molar-refractivity contribution in [3.63, 3.8) is 0 Å². The topological polar surface area (TPSA) is 40.5 Å². The molecule has 0 bridgehead atoms. The van der Waals surface area contributed by atoms with Gasteiger partial charge in [-0.15, -0.1) is 0 Å². The first-order chi connectivity index (χ1) is 10.4. The monoisotopic (exact) mass is 306 g/mol. The zero-order valence-electron chi connectivity index (χ0n) is 14.7. The lowest BCUT2D eigenvalue weighted by Gasteiger charge is -2.58. The minimum atomic E-state index is 0.0853. The number of allylic oxidation sites excluding steroid dienone is 2. The fourth-order valence-electron chi connectivity index (χ4n) is 5.44. The highest BCUT2D eigenvalue weighted by atomic mass is 16.3. The Labute approximate surface area is 136 Å². The summed E-state index contributed by atoms with van der Waals surface area (Å²) in [7, 11) is 0. The van der Waals surface area contributed by atoms with Crippen LogP contribution >= 0.6 is 0 Å². The Balaban J connectivity index is 2.20. The van der Waals surface area contributed by atoms with Gasteiger partial charge in [0.15, 0.2) is 0 Å². The molecule has 2 fully saturated rings. The van der Waals surface area contributed by atoms with Gasteiger partial charge in [0.25, 0.3) is 0 Å². The first-order valence-electron chi connectivity index (χ1n) is 8.92. The molecule has 0 aromatic carbocycles. The summed E-state index contributed by atoms with van der Waals surface area (Å²) < 4.78 is 0. The van der Waals surface area contributed by atoms with Crippen LogP contribution < -0.4 is 0 Å². The van der Waals surface area contributed by atoms with Crippen LogP contribution in [0.4, 0.5) is 0 Å². The highest BCUT2D eigenvalue weighted by Crippen LogP contribution is 2.61. The SMILES string of the molecule is C=C1CC[C@@H]2[C@@](C)(CO)CCC[C@]2(C)[C@H]1CC/C(C)=C/CO. The molecule has 0 radical (unpaired) electrons. The molecule has 0 aliphatic heterocycles. The van der Waals surface area contributed by atoms with Crippen LogP contribution in [0.2, 0.25) is 0 Å². The van der Waals surface area contributed by atoms with Crippen molar-refractivity contribution in [3.8, 4) is 0 Å². The van der Waals surface area contributed by atoms with Crippen molar-refractivity contribution in [2.24, 2.45) is 22.7 Å². The normalized spacial score (nSPS) is 39.7. The second-order valence-electron chi connectivity index (χ2n) is 8.25. The van der Waals surface area contributed by atoms with Gasteiger partial charge in [-0.25, -0.2) is 0 Å². The molecule has 0 unspecified atom stereocenters. The molecule has 0 amide bonds.